The molecule has 0 N–H and O–H groups in total. The first-order valence-corrected chi connectivity index (χ1v) is 39.7. The van der Waals surface area contributed by atoms with Gasteiger partial charge >= 0.3 is 19.5 Å². The molecule has 0 amide bonds. The second-order valence-electron chi connectivity index (χ2n) is 28.8. The van der Waals surface area contributed by atoms with E-state index in [-0.39, 0.29) is 44.3 Å². The fourth-order valence-corrected chi connectivity index (χ4v) is 15.8. The molecule has 0 saturated carbocycles. The number of fused-ring (bicyclic) bond motifs is 24. The minimum absolute atomic E-state index is 0. The van der Waals surface area contributed by atoms with Gasteiger partial charge in [0.05, 0.1) is 88.3 Å². The van der Waals surface area contributed by atoms with E-state index in [1.165, 1.54) is 0 Å². The molecule has 0 bridgehead atoms. The second kappa shape index (κ2) is 35.8. The minimum Gasteiger partial charge on any atom is -1.00 e. The van der Waals surface area contributed by atoms with Crippen LogP contribution < -0.4 is 34.3 Å². The maximum Gasteiger partial charge on any atom is 2.00 e. The fraction of sp³-hybridized carbons (Fsp3) is 0. The third-order valence-electron chi connectivity index (χ3n) is 21.4. The van der Waals surface area contributed by atoms with Crippen molar-refractivity contribution in [2.75, 3.05) is 0 Å². The zero-order valence-corrected chi connectivity index (χ0v) is 69.4. The number of benzene rings is 11. The van der Waals surface area contributed by atoms with Crippen molar-refractivity contribution >= 4 is 153 Å². The molecule has 125 heavy (non-hydrogen) atoms. The Labute approximate surface area is 739 Å². The van der Waals surface area contributed by atoms with Crippen molar-refractivity contribution in [3.63, 3.8) is 0 Å². The minimum atomic E-state index is 0. The van der Waals surface area contributed by atoms with Crippen LogP contribution >= 0.6 is 0 Å². The summed E-state index contributed by atoms with van der Waals surface area (Å²) < 4.78 is 16.9. The molecule has 596 valence electrons. The number of hydrogen-bond acceptors (Lipinski definition) is 16. The Morgan fingerprint density at radius 1 is 0.184 bits per heavy atom. The van der Waals surface area contributed by atoms with Gasteiger partial charge in [0.25, 0.3) is 0 Å². The summed E-state index contributed by atoms with van der Waals surface area (Å²) in [7, 11) is 0. The van der Waals surface area contributed by atoms with Crippen molar-refractivity contribution < 1.29 is 53.8 Å². The van der Waals surface area contributed by atoms with Gasteiger partial charge in [-0.25, -0.2) is 9.97 Å². The molecule has 0 unspecified atom stereocenters. The Morgan fingerprint density at radius 3 is 0.672 bits per heavy atom. The largest absolute Gasteiger partial charge is 2.00 e. The number of halogens is 2. The SMILES string of the molecule is [Cl-].[Cl-].[Ru+2].c1ccc(Oc2ccc(-n3c(-c4cccc(-c5nc6c7cccnc7c7ncccc7c6n5-c5ccc(Oc6ccccc6)cc5)c4)nc4c5cccnc5c5ncccc5c43)cc2)cc1.c1cnc2c(c1)ccc1cccnc12.c1cnc2c(c1)ccc1cccnc12.c1cnc2c(c1)ccc1cccnc12.c1cnc2c(c1)ccc1cccnc12. The third kappa shape index (κ3) is 15.7. The number of hydrogen-bond donors (Lipinski definition) is 0. The first-order chi connectivity index (χ1) is 60.5. The van der Waals surface area contributed by atoms with Crippen LogP contribution in [0.1, 0.15) is 0 Å². The van der Waals surface area contributed by atoms with Gasteiger partial charge in [0.1, 0.15) is 34.6 Å². The Morgan fingerprint density at radius 2 is 0.408 bits per heavy atom. The fourth-order valence-electron chi connectivity index (χ4n) is 15.8. The zero-order chi connectivity index (χ0) is 81.1. The predicted octanol–water partition coefficient (Wildman–Crippen LogP) is 18.6. The van der Waals surface area contributed by atoms with Crippen LogP contribution in [-0.4, -0.2) is 78.9 Å². The van der Waals surface area contributed by atoms with Crippen molar-refractivity contribution in [3.8, 4) is 57.1 Å². The number of imidazole rings is 2. The van der Waals surface area contributed by atoms with Crippen molar-refractivity contribution in [1.29, 1.82) is 0 Å². The van der Waals surface area contributed by atoms with E-state index in [1.807, 2.05) is 183 Å². The number of nitrogens with zero attached hydrogens (tertiary/aromatic N) is 16. The van der Waals surface area contributed by atoms with Crippen LogP contribution in [0.3, 0.4) is 0 Å². The van der Waals surface area contributed by atoms with E-state index in [0.29, 0.717) is 0 Å². The molecule has 0 spiro atoms. The maximum atomic E-state index is 6.24. The van der Waals surface area contributed by atoms with Gasteiger partial charge in [-0.15, -0.1) is 0 Å². The molecule has 25 aromatic rings. The quantitative estimate of drug-likeness (QED) is 0.102. The summed E-state index contributed by atoms with van der Waals surface area (Å²) in [6.07, 6.45) is 21.7. The summed E-state index contributed by atoms with van der Waals surface area (Å²) in [4.78, 5) is 65.2. The predicted molar refractivity (Wildman–Crippen MR) is 489 cm³/mol. The molecule has 0 aliphatic carbocycles. The van der Waals surface area contributed by atoms with E-state index in [4.69, 9.17) is 39.4 Å². The molecule has 0 aliphatic rings. The first-order valence-electron chi connectivity index (χ1n) is 39.7. The Hall–Kier alpha value is -15.9. The van der Waals surface area contributed by atoms with E-state index >= 15 is 0 Å². The van der Waals surface area contributed by atoms with E-state index in [0.717, 1.165) is 210 Å². The molecular formula is C104H66Cl2N16O2Ru. The normalized spacial score (nSPS) is 11.0. The van der Waals surface area contributed by atoms with Crippen LogP contribution in [-0.2, 0) is 19.5 Å². The molecule has 14 aromatic heterocycles. The van der Waals surface area contributed by atoms with Gasteiger partial charge in [-0.3, -0.25) is 68.9 Å². The molecule has 0 radical (unpaired) electrons. The van der Waals surface area contributed by atoms with Crippen LogP contribution in [0.25, 0.3) is 187 Å². The van der Waals surface area contributed by atoms with Gasteiger partial charge in [0, 0.05) is 161 Å². The van der Waals surface area contributed by atoms with E-state index < -0.39 is 0 Å². The van der Waals surface area contributed by atoms with Gasteiger partial charge in [-0.1, -0.05) is 152 Å². The number of para-hydroxylation sites is 2. The summed E-state index contributed by atoms with van der Waals surface area (Å²) >= 11 is 0. The van der Waals surface area contributed by atoms with Crippen molar-refractivity contribution in [2.45, 2.75) is 0 Å². The summed E-state index contributed by atoms with van der Waals surface area (Å²) in [6, 6.07) is 109. The Bertz CT molecular complexity index is 7350. The van der Waals surface area contributed by atoms with Gasteiger partial charge in [0.2, 0.25) is 0 Å². The van der Waals surface area contributed by atoms with Crippen LogP contribution in [0.15, 0.2) is 402 Å². The molecule has 18 nitrogen and oxygen atoms in total. The smallest absolute Gasteiger partial charge is 1.00 e. The number of ether oxygens (including phenoxy) is 2. The molecule has 0 atom stereocenters. The topological polar surface area (TPSA) is 209 Å². The first kappa shape index (κ1) is 80.2. The van der Waals surface area contributed by atoms with E-state index in [2.05, 4.69) is 219 Å². The number of aromatic nitrogens is 16. The van der Waals surface area contributed by atoms with Crippen LogP contribution in [0.4, 0.5) is 0 Å². The standard InChI is InChI=1S/C56H34N8O2.4C12H8N2.2ClH.Ru/c1-3-14-39(15-4-1)65-41-26-22-37(23-27-41)63-53-45-20-10-32-59-49(45)47-43(18-8-30-57-47)51(53)61-55(63)35-12-7-13-36(34-35)56-62-52-44-19-9-31-58-48(44)50-46(21-11-33-60-50)54(52)64(56)38-24-28-42(29-25-38)66-40-16-5-2-6-17-40;4*1-3-9-5-6-10-4-2-8-14-12(10)11(9)13-7-1;;;/h1-34H;4*1-8H;2*1H;/q;;;;;;;+2/p-2. The molecule has 0 aliphatic heterocycles. The molecule has 0 fully saturated rings. The van der Waals surface area contributed by atoms with Gasteiger partial charge in [-0.05, 0) is 176 Å². The van der Waals surface area contributed by atoms with E-state index in [9.17, 15) is 0 Å². The number of pyridine rings is 12. The van der Waals surface area contributed by atoms with Crippen LogP contribution in [0.5, 0.6) is 23.0 Å². The third-order valence-corrected chi connectivity index (χ3v) is 21.4. The van der Waals surface area contributed by atoms with Crippen LogP contribution in [0.2, 0.25) is 0 Å². The second-order valence-corrected chi connectivity index (χ2v) is 28.8. The number of rotatable bonds is 8. The zero-order valence-electron chi connectivity index (χ0n) is 66.2. The summed E-state index contributed by atoms with van der Waals surface area (Å²) in [6.45, 7) is 0. The van der Waals surface area contributed by atoms with Crippen molar-refractivity contribution in [3.05, 3.63) is 402 Å². The molecule has 0 saturated heterocycles. The van der Waals surface area contributed by atoms with E-state index in [1.54, 1.807) is 49.6 Å². The average Bonchev–Trinajstić information content (AvgIpc) is 1.58. The maximum absolute atomic E-state index is 6.24. The summed E-state index contributed by atoms with van der Waals surface area (Å²) in [5, 5.41) is 12.8. The Kier molecular flexibility index (Phi) is 23.0. The molecular weight excluding hydrogens is 1680 g/mol. The van der Waals surface area contributed by atoms with Crippen molar-refractivity contribution in [1.82, 2.24) is 78.9 Å². The summed E-state index contributed by atoms with van der Waals surface area (Å²) in [5.41, 5.74) is 18.2. The van der Waals surface area contributed by atoms with Gasteiger partial charge in [-0.2, -0.15) is 0 Å². The molecule has 14 heterocycles. The average molecular weight is 1740 g/mol. The van der Waals surface area contributed by atoms with Crippen molar-refractivity contribution in [2.24, 2.45) is 0 Å². The molecule has 11 aromatic carbocycles. The van der Waals surface area contributed by atoms with Crippen LogP contribution in [0, 0.1) is 0 Å². The Balaban J connectivity index is 0.000000142. The molecule has 25 rings (SSSR count). The monoisotopic (exact) mass is 1740 g/mol. The van der Waals surface area contributed by atoms with Gasteiger partial charge < -0.3 is 34.3 Å². The van der Waals surface area contributed by atoms with Gasteiger partial charge in [0.15, 0.2) is 0 Å². The summed E-state index contributed by atoms with van der Waals surface area (Å²) in [5.74, 6) is 4.48. The molecule has 21 heteroatoms.